The van der Waals surface area contributed by atoms with Crippen LogP contribution in [0, 0.1) is 5.41 Å². The van der Waals surface area contributed by atoms with Crippen LogP contribution in [0.4, 0.5) is 0 Å². The Balaban J connectivity index is 1.38. The predicted octanol–water partition coefficient (Wildman–Crippen LogP) is 1.47. The van der Waals surface area contributed by atoms with Crippen LogP contribution in [0.3, 0.4) is 0 Å². The van der Waals surface area contributed by atoms with Crippen molar-refractivity contribution in [3.05, 3.63) is 48.3 Å². The molecule has 2 aromatic rings. The minimum Gasteiger partial charge on any atom is -0.340 e. The number of likely N-dealkylation sites (tertiary alicyclic amines) is 2. The quantitative estimate of drug-likeness (QED) is 0.838. The highest BCUT2D eigenvalue weighted by atomic mass is 16.2. The fourth-order valence-electron chi connectivity index (χ4n) is 4.04. The van der Waals surface area contributed by atoms with Gasteiger partial charge in [-0.05, 0) is 24.5 Å². The number of amides is 2. The van der Waals surface area contributed by atoms with Gasteiger partial charge in [-0.25, -0.2) is 4.98 Å². The van der Waals surface area contributed by atoms with E-state index in [1.165, 1.54) is 0 Å². The van der Waals surface area contributed by atoms with Gasteiger partial charge in [0.2, 0.25) is 5.91 Å². The number of imidazole rings is 1. The van der Waals surface area contributed by atoms with Crippen molar-refractivity contribution in [1.82, 2.24) is 24.3 Å². The molecule has 2 saturated heterocycles. The maximum atomic E-state index is 12.6. The van der Waals surface area contributed by atoms with E-state index in [1.807, 2.05) is 35.2 Å². The molecule has 4 heterocycles. The molecule has 1 spiro atoms. The number of nitrogens with zero attached hydrogens (tertiary/aromatic N) is 5. The number of aryl methyl sites for hydroxylation is 1. The molecule has 2 aliphatic rings. The molecule has 2 amide bonds. The number of rotatable bonds is 3. The van der Waals surface area contributed by atoms with E-state index < -0.39 is 0 Å². The topological polar surface area (TPSA) is 71.3 Å². The van der Waals surface area contributed by atoms with Crippen molar-refractivity contribution in [2.75, 3.05) is 19.6 Å². The molecule has 0 unspecified atom stereocenters. The molecule has 136 valence electrons. The molecule has 2 fully saturated rings. The van der Waals surface area contributed by atoms with Crippen LogP contribution in [0.2, 0.25) is 0 Å². The average Bonchev–Trinajstić information content (AvgIpc) is 3.20. The van der Waals surface area contributed by atoms with E-state index in [-0.39, 0.29) is 17.2 Å². The van der Waals surface area contributed by atoms with Crippen LogP contribution in [-0.4, -0.2) is 55.8 Å². The summed E-state index contributed by atoms with van der Waals surface area (Å²) in [7, 11) is 1.86. The van der Waals surface area contributed by atoms with Gasteiger partial charge in [0.25, 0.3) is 5.91 Å². The largest absolute Gasteiger partial charge is 0.340 e. The number of piperidine rings is 1. The van der Waals surface area contributed by atoms with Crippen molar-refractivity contribution in [3.63, 3.8) is 0 Å². The summed E-state index contributed by atoms with van der Waals surface area (Å²) in [6.45, 7) is 2.75. The van der Waals surface area contributed by atoms with Crippen molar-refractivity contribution >= 4 is 11.8 Å². The van der Waals surface area contributed by atoms with E-state index in [1.54, 1.807) is 23.3 Å². The molecule has 4 rings (SSSR count). The van der Waals surface area contributed by atoms with Gasteiger partial charge in [0.05, 0.1) is 6.33 Å². The molecule has 2 aromatic heterocycles. The van der Waals surface area contributed by atoms with E-state index in [2.05, 4.69) is 9.97 Å². The Morgan fingerprint density at radius 3 is 2.77 bits per heavy atom. The summed E-state index contributed by atoms with van der Waals surface area (Å²) in [6, 6.07) is 3.90. The number of hydrogen-bond donors (Lipinski definition) is 0. The van der Waals surface area contributed by atoms with Gasteiger partial charge in [0, 0.05) is 63.7 Å². The van der Waals surface area contributed by atoms with Gasteiger partial charge in [-0.3, -0.25) is 14.6 Å². The highest BCUT2D eigenvalue weighted by Crippen LogP contribution is 2.41. The van der Waals surface area contributed by atoms with E-state index >= 15 is 0 Å². The maximum absolute atomic E-state index is 12.6. The fraction of sp³-hybridized carbons (Fsp3) is 0.474. The molecule has 0 aliphatic carbocycles. The van der Waals surface area contributed by atoms with Gasteiger partial charge in [-0.15, -0.1) is 0 Å². The van der Waals surface area contributed by atoms with Crippen LogP contribution in [0.5, 0.6) is 0 Å². The normalized spacial score (nSPS) is 19.3. The Kier molecular flexibility index (Phi) is 4.22. The van der Waals surface area contributed by atoms with Gasteiger partial charge < -0.3 is 14.4 Å². The lowest BCUT2D eigenvalue weighted by atomic mass is 9.77. The minimum atomic E-state index is -0.0167. The van der Waals surface area contributed by atoms with Crippen LogP contribution in [0.15, 0.2) is 37.1 Å². The van der Waals surface area contributed by atoms with Gasteiger partial charge in [-0.1, -0.05) is 6.07 Å². The molecule has 0 N–H and O–H groups in total. The Hall–Kier alpha value is -2.70. The highest BCUT2D eigenvalue weighted by molar-refractivity contribution is 5.92. The van der Waals surface area contributed by atoms with E-state index in [0.29, 0.717) is 31.7 Å². The van der Waals surface area contributed by atoms with Crippen molar-refractivity contribution in [1.29, 1.82) is 0 Å². The third-order valence-electron chi connectivity index (χ3n) is 5.54. The zero-order valence-electron chi connectivity index (χ0n) is 15.0. The first-order valence-corrected chi connectivity index (χ1v) is 8.99. The third-order valence-corrected chi connectivity index (χ3v) is 5.54. The number of aromatic nitrogens is 3. The second-order valence-corrected chi connectivity index (χ2v) is 7.50. The lowest BCUT2D eigenvalue weighted by molar-refractivity contribution is -0.128. The molecule has 0 bridgehead atoms. The van der Waals surface area contributed by atoms with Crippen LogP contribution >= 0.6 is 0 Å². The molecular weight excluding hydrogens is 330 g/mol. The summed E-state index contributed by atoms with van der Waals surface area (Å²) in [4.78, 5) is 37.1. The molecule has 0 saturated carbocycles. The highest BCUT2D eigenvalue weighted by Gasteiger charge is 2.45. The van der Waals surface area contributed by atoms with Gasteiger partial charge in [0.1, 0.15) is 5.69 Å². The number of hydrogen-bond acceptors (Lipinski definition) is 4. The Labute approximate surface area is 152 Å². The first-order chi connectivity index (χ1) is 12.5. The lowest BCUT2D eigenvalue weighted by Gasteiger charge is -2.38. The molecule has 26 heavy (non-hydrogen) atoms. The summed E-state index contributed by atoms with van der Waals surface area (Å²) in [5.74, 6) is 0.190. The first-order valence-electron chi connectivity index (χ1n) is 8.99. The number of pyridine rings is 1. The SMILES string of the molecule is Cn1cnc(C(=O)N2CCC3(CC2)CC(=O)N(Cc2cccnc2)C3)c1. The molecule has 0 radical (unpaired) electrons. The lowest BCUT2D eigenvalue weighted by Crippen LogP contribution is -2.44. The monoisotopic (exact) mass is 353 g/mol. The van der Waals surface area contributed by atoms with Gasteiger partial charge in [0.15, 0.2) is 0 Å². The number of carbonyl (C=O) groups excluding carboxylic acids is 2. The van der Waals surface area contributed by atoms with Crippen LogP contribution < -0.4 is 0 Å². The summed E-state index contributed by atoms with van der Waals surface area (Å²) in [6.07, 6.45) is 9.25. The molecule has 7 nitrogen and oxygen atoms in total. The van der Waals surface area contributed by atoms with Crippen molar-refractivity contribution in [2.24, 2.45) is 12.5 Å². The van der Waals surface area contributed by atoms with Crippen molar-refractivity contribution in [3.8, 4) is 0 Å². The van der Waals surface area contributed by atoms with E-state index in [4.69, 9.17) is 0 Å². The summed E-state index contributed by atoms with van der Waals surface area (Å²) in [5, 5.41) is 0. The molecule has 0 atom stereocenters. The molecule has 2 aliphatic heterocycles. The van der Waals surface area contributed by atoms with Crippen LogP contribution in [-0.2, 0) is 18.4 Å². The Morgan fingerprint density at radius 1 is 1.31 bits per heavy atom. The summed E-state index contributed by atoms with van der Waals surface area (Å²) in [5.41, 5.74) is 1.55. The molecular formula is C19H23N5O2. The first kappa shape index (κ1) is 16.8. The number of carbonyl (C=O) groups is 2. The molecule has 7 heteroatoms. The standard InChI is InChI=1S/C19H23N5O2/c1-22-12-16(21-14-22)18(26)23-7-4-19(5-8-23)9-17(25)24(13-19)11-15-3-2-6-20-10-15/h2-3,6,10,12,14H,4-5,7-9,11,13H2,1H3. The van der Waals surface area contributed by atoms with E-state index in [9.17, 15) is 9.59 Å². The average molecular weight is 353 g/mol. The summed E-state index contributed by atoms with van der Waals surface area (Å²) >= 11 is 0. The van der Waals surface area contributed by atoms with Crippen LogP contribution in [0.25, 0.3) is 0 Å². The van der Waals surface area contributed by atoms with Crippen LogP contribution in [0.1, 0.15) is 35.3 Å². The Bertz CT molecular complexity index is 808. The van der Waals surface area contributed by atoms with Crippen molar-refractivity contribution < 1.29 is 9.59 Å². The molecule has 0 aromatic carbocycles. The second-order valence-electron chi connectivity index (χ2n) is 7.50. The third kappa shape index (κ3) is 3.21. The van der Waals surface area contributed by atoms with E-state index in [0.717, 1.165) is 24.9 Å². The Morgan fingerprint density at radius 2 is 2.12 bits per heavy atom. The smallest absolute Gasteiger partial charge is 0.274 e. The minimum absolute atomic E-state index is 0.000187. The predicted molar refractivity (Wildman–Crippen MR) is 95.0 cm³/mol. The van der Waals surface area contributed by atoms with Gasteiger partial charge in [-0.2, -0.15) is 0 Å². The fourth-order valence-corrected chi connectivity index (χ4v) is 4.04. The van der Waals surface area contributed by atoms with Crippen molar-refractivity contribution in [2.45, 2.75) is 25.8 Å². The zero-order valence-corrected chi connectivity index (χ0v) is 15.0. The summed E-state index contributed by atoms with van der Waals surface area (Å²) < 4.78 is 1.78. The van der Waals surface area contributed by atoms with Gasteiger partial charge >= 0.3 is 0 Å². The second kappa shape index (κ2) is 6.55. The zero-order chi connectivity index (χ0) is 18.1. The maximum Gasteiger partial charge on any atom is 0.274 e.